The second kappa shape index (κ2) is 12.8. The van der Waals surface area contributed by atoms with Gasteiger partial charge in [0.1, 0.15) is 6.04 Å². The summed E-state index contributed by atoms with van der Waals surface area (Å²) >= 11 is 0. The van der Waals surface area contributed by atoms with Crippen molar-refractivity contribution in [1.82, 2.24) is 15.6 Å². The van der Waals surface area contributed by atoms with Crippen molar-refractivity contribution in [3.05, 3.63) is 29.6 Å². The van der Waals surface area contributed by atoms with Crippen molar-refractivity contribution in [2.45, 2.75) is 51.2 Å². The molecule has 0 fully saturated rings. The number of carbonyl (C=O) groups excluding carboxylic acids is 2. The summed E-state index contributed by atoms with van der Waals surface area (Å²) in [4.78, 5) is 60.6. The van der Waals surface area contributed by atoms with E-state index in [2.05, 4.69) is 20.4 Å². The van der Waals surface area contributed by atoms with Crippen LogP contribution in [0.1, 0.15) is 48.0 Å². The number of ether oxygens (including phenoxy) is 1. The minimum Gasteiger partial charge on any atom is -0.481 e. The highest BCUT2D eigenvalue weighted by Gasteiger charge is 2.26. The van der Waals surface area contributed by atoms with Crippen molar-refractivity contribution < 1.29 is 44.0 Å². The maximum Gasteiger partial charge on any atom is 0.408 e. The van der Waals surface area contributed by atoms with Crippen LogP contribution in [0.5, 0.6) is 0 Å². The summed E-state index contributed by atoms with van der Waals surface area (Å²) in [6, 6.07) is 0.345. The smallest absolute Gasteiger partial charge is 0.408 e. The second-order valence-corrected chi connectivity index (χ2v) is 6.70. The standard InChI is InChI=1S/C19H25N3O9/c1-11-8-12(10-20-9-11)16(25)21-7-3-2-4-13(17(26)27)22-19(30)31-14(18(28)29)5-6-15(23)24/h8-10,13-14H,2-7H2,1H3,(H,21,25)(H,22,30)(H,23,24)(H,26,27)(H,28,29)/t13-,14-/m0/s1. The van der Waals surface area contributed by atoms with Crippen LogP contribution in [0.25, 0.3) is 0 Å². The molecule has 0 radical (unpaired) electrons. The van der Waals surface area contributed by atoms with Crippen LogP contribution in [-0.2, 0) is 19.1 Å². The van der Waals surface area contributed by atoms with Crippen molar-refractivity contribution in [2.75, 3.05) is 6.54 Å². The number of aromatic nitrogens is 1. The molecule has 12 nitrogen and oxygen atoms in total. The highest BCUT2D eigenvalue weighted by molar-refractivity contribution is 5.93. The molecule has 1 aromatic heterocycles. The molecule has 0 saturated carbocycles. The Kier molecular flexibility index (Phi) is 10.4. The first-order valence-electron chi connectivity index (χ1n) is 9.44. The summed E-state index contributed by atoms with van der Waals surface area (Å²) in [6.45, 7) is 2.08. The van der Waals surface area contributed by atoms with E-state index in [9.17, 15) is 29.1 Å². The lowest BCUT2D eigenvalue weighted by Crippen LogP contribution is -2.43. The van der Waals surface area contributed by atoms with E-state index in [1.54, 1.807) is 19.2 Å². The lowest BCUT2D eigenvalue weighted by Gasteiger charge is -2.17. The van der Waals surface area contributed by atoms with E-state index in [1.807, 2.05) is 0 Å². The molecule has 170 valence electrons. The number of amides is 2. The Hall–Kier alpha value is -3.70. The lowest BCUT2D eigenvalue weighted by molar-refractivity contribution is -0.148. The molecule has 0 bridgehead atoms. The number of pyridine rings is 1. The number of hydrogen-bond donors (Lipinski definition) is 5. The maximum atomic E-state index is 12.0. The quantitative estimate of drug-likeness (QED) is 0.274. The predicted molar refractivity (Wildman–Crippen MR) is 104 cm³/mol. The van der Waals surface area contributed by atoms with Crippen molar-refractivity contribution >= 4 is 29.9 Å². The molecule has 1 aromatic rings. The monoisotopic (exact) mass is 439 g/mol. The van der Waals surface area contributed by atoms with Gasteiger partial charge in [-0.25, -0.2) is 14.4 Å². The van der Waals surface area contributed by atoms with Gasteiger partial charge in [0.05, 0.1) is 5.56 Å². The Morgan fingerprint density at radius 1 is 1.03 bits per heavy atom. The number of hydrogen-bond acceptors (Lipinski definition) is 7. The SMILES string of the molecule is Cc1cncc(C(=O)NCCCC[C@H](NC(=O)O[C@@H](CCC(=O)O)C(=O)O)C(=O)O)c1. The number of alkyl carbamates (subject to hydrolysis) is 1. The Bertz CT molecular complexity index is 813. The zero-order valence-corrected chi connectivity index (χ0v) is 16.9. The number of unbranched alkanes of at least 4 members (excludes halogenated alkanes) is 1. The fourth-order valence-electron chi connectivity index (χ4n) is 2.51. The van der Waals surface area contributed by atoms with E-state index in [0.717, 1.165) is 5.56 Å². The number of carboxylic acid groups (broad SMARTS) is 3. The van der Waals surface area contributed by atoms with Crippen molar-refractivity contribution in [3.8, 4) is 0 Å². The molecule has 2 amide bonds. The van der Waals surface area contributed by atoms with Crippen LogP contribution in [0.2, 0.25) is 0 Å². The van der Waals surface area contributed by atoms with Crippen LogP contribution in [0.4, 0.5) is 4.79 Å². The van der Waals surface area contributed by atoms with Crippen LogP contribution in [-0.4, -0.2) is 68.9 Å². The first-order valence-corrected chi connectivity index (χ1v) is 9.44. The second-order valence-electron chi connectivity index (χ2n) is 6.70. The Labute approximate surface area is 177 Å². The molecule has 5 N–H and O–H groups in total. The van der Waals surface area contributed by atoms with Crippen LogP contribution in [0.15, 0.2) is 18.5 Å². The Morgan fingerprint density at radius 3 is 2.32 bits per heavy atom. The number of nitrogens with one attached hydrogen (secondary N) is 2. The average Bonchev–Trinajstić information content (AvgIpc) is 2.69. The normalized spacial score (nSPS) is 12.3. The molecule has 2 atom stereocenters. The molecule has 1 heterocycles. The number of aryl methyl sites for hydroxylation is 1. The van der Waals surface area contributed by atoms with E-state index >= 15 is 0 Å². The summed E-state index contributed by atoms with van der Waals surface area (Å²) in [6.07, 6.45) is -0.137. The summed E-state index contributed by atoms with van der Waals surface area (Å²) in [7, 11) is 0. The number of aliphatic carboxylic acids is 3. The van der Waals surface area contributed by atoms with Crippen LogP contribution in [0, 0.1) is 6.92 Å². The first-order chi connectivity index (χ1) is 14.6. The summed E-state index contributed by atoms with van der Waals surface area (Å²) in [5, 5.41) is 31.5. The van der Waals surface area contributed by atoms with E-state index in [4.69, 9.17) is 10.2 Å². The summed E-state index contributed by atoms with van der Waals surface area (Å²) in [5.41, 5.74) is 1.24. The van der Waals surface area contributed by atoms with Crippen LogP contribution in [0.3, 0.4) is 0 Å². The van der Waals surface area contributed by atoms with Gasteiger partial charge >= 0.3 is 24.0 Å². The number of nitrogens with zero attached hydrogens (tertiary/aromatic N) is 1. The molecule has 0 aliphatic rings. The van der Waals surface area contributed by atoms with Gasteiger partial charge in [-0.3, -0.25) is 14.6 Å². The van der Waals surface area contributed by atoms with Crippen molar-refractivity contribution in [3.63, 3.8) is 0 Å². The number of carbonyl (C=O) groups is 5. The highest BCUT2D eigenvalue weighted by Crippen LogP contribution is 2.07. The molecular formula is C19H25N3O9. The van der Waals surface area contributed by atoms with Crippen molar-refractivity contribution in [1.29, 1.82) is 0 Å². The number of rotatable bonds is 13. The first kappa shape index (κ1) is 25.3. The molecule has 0 saturated heterocycles. The Morgan fingerprint density at radius 2 is 1.74 bits per heavy atom. The van der Waals surface area contributed by atoms with Gasteiger partial charge in [0.15, 0.2) is 0 Å². The fraction of sp³-hybridized carbons (Fsp3) is 0.474. The van der Waals surface area contributed by atoms with Gasteiger partial charge in [0.2, 0.25) is 6.10 Å². The third-order valence-electron chi connectivity index (χ3n) is 4.08. The van der Waals surface area contributed by atoms with Crippen LogP contribution < -0.4 is 10.6 Å². The molecule has 0 unspecified atom stereocenters. The number of carboxylic acids is 3. The highest BCUT2D eigenvalue weighted by atomic mass is 16.6. The van der Waals surface area contributed by atoms with E-state index < -0.39 is 49.0 Å². The third-order valence-corrected chi connectivity index (χ3v) is 4.08. The van der Waals surface area contributed by atoms with E-state index in [-0.39, 0.29) is 18.9 Å². The minimum atomic E-state index is -1.71. The molecule has 1 rings (SSSR count). The summed E-state index contributed by atoms with van der Waals surface area (Å²) < 4.78 is 4.62. The largest absolute Gasteiger partial charge is 0.481 e. The van der Waals surface area contributed by atoms with Gasteiger partial charge in [-0.2, -0.15) is 0 Å². The lowest BCUT2D eigenvalue weighted by atomic mass is 10.1. The fourth-order valence-corrected chi connectivity index (χ4v) is 2.51. The molecule has 12 heteroatoms. The molecule has 0 aromatic carbocycles. The van der Waals surface area contributed by atoms with Crippen LogP contribution >= 0.6 is 0 Å². The summed E-state index contributed by atoms with van der Waals surface area (Å²) in [5.74, 6) is -4.45. The third kappa shape index (κ3) is 10.1. The van der Waals surface area contributed by atoms with Crippen molar-refractivity contribution in [2.24, 2.45) is 0 Å². The predicted octanol–water partition coefficient (Wildman–Crippen LogP) is 0.788. The van der Waals surface area contributed by atoms with Gasteiger partial charge in [-0.05, 0) is 37.8 Å². The maximum absolute atomic E-state index is 12.0. The molecule has 0 aliphatic heterocycles. The molecule has 31 heavy (non-hydrogen) atoms. The zero-order chi connectivity index (χ0) is 23.4. The van der Waals surface area contributed by atoms with Gasteiger partial charge < -0.3 is 30.7 Å². The van der Waals surface area contributed by atoms with Gasteiger partial charge in [0.25, 0.3) is 5.91 Å². The minimum absolute atomic E-state index is 0.0131. The van der Waals surface area contributed by atoms with E-state index in [0.29, 0.717) is 18.4 Å². The van der Waals surface area contributed by atoms with Gasteiger partial charge in [0, 0.05) is 31.8 Å². The molecule has 0 spiro atoms. The van der Waals surface area contributed by atoms with E-state index in [1.165, 1.54) is 6.20 Å². The topological polar surface area (TPSA) is 192 Å². The zero-order valence-electron chi connectivity index (χ0n) is 16.9. The van der Waals surface area contributed by atoms with Gasteiger partial charge in [-0.15, -0.1) is 0 Å². The Balaban J connectivity index is 2.42. The molecular weight excluding hydrogens is 414 g/mol. The van der Waals surface area contributed by atoms with Gasteiger partial charge in [-0.1, -0.05) is 0 Å². The molecule has 0 aliphatic carbocycles. The average molecular weight is 439 g/mol.